The third-order valence-corrected chi connectivity index (χ3v) is 5.06. The van der Waals surface area contributed by atoms with E-state index in [0.29, 0.717) is 5.92 Å². The number of phenolic OH excluding ortho intramolecular Hbond substituents is 1. The quantitative estimate of drug-likeness (QED) is 0.674. The van der Waals surface area contributed by atoms with Crippen molar-refractivity contribution in [1.82, 2.24) is 5.43 Å². The van der Waals surface area contributed by atoms with E-state index < -0.39 is 0 Å². The monoisotopic (exact) mass is 314 g/mol. The largest absolute Gasteiger partial charge is 0.508 e. The number of aromatic hydroxyl groups is 1. The molecule has 3 rings (SSSR count). The van der Waals surface area contributed by atoms with Crippen molar-refractivity contribution in [3.63, 3.8) is 0 Å². The summed E-state index contributed by atoms with van der Waals surface area (Å²) in [5.41, 5.74) is 4.69. The molecule has 2 aromatic rings. The van der Waals surface area contributed by atoms with Crippen LogP contribution in [-0.4, -0.2) is 17.2 Å². The van der Waals surface area contributed by atoms with Gasteiger partial charge in [0.2, 0.25) is 0 Å². The van der Waals surface area contributed by atoms with Gasteiger partial charge < -0.3 is 5.11 Å². The first-order valence-electron chi connectivity index (χ1n) is 7.36. The fraction of sp³-hybridized carbons (Fsp3) is 0.294. The van der Waals surface area contributed by atoms with E-state index in [-0.39, 0.29) is 11.7 Å². The van der Waals surface area contributed by atoms with E-state index in [9.17, 15) is 9.90 Å². The fourth-order valence-corrected chi connectivity index (χ4v) is 3.70. The van der Waals surface area contributed by atoms with Gasteiger partial charge in [-0.05, 0) is 66.6 Å². The third-order valence-electron chi connectivity index (χ3n) is 3.83. The number of nitrogens with zero attached hydrogens (tertiary/aromatic N) is 1. The Bertz CT molecular complexity index is 704. The van der Waals surface area contributed by atoms with Crippen molar-refractivity contribution in [3.8, 4) is 5.75 Å². The number of phenols is 1. The van der Waals surface area contributed by atoms with Gasteiger partial charge in [0.1, 0.15) is 5.75 Å². The summed E-state index contributed by atoms with van der Waals surface area (Å²) in [6, 6.07) is 8.63. The number of amides is 1. The van der Waals surface area contributed by atoms with Crippen LogP contribution in [0.25, 0.3) is 0 Å². The van der Waals surface area contributed by atoms with E-state index in [0.717, 1.165) is 23.3 Å². The van der Waals surface area contributed by atoms with E-state index in [1.54, 1.807) is 41.8 Å². The highest BCUT2D eigenvalue weighted by atomic mass is 32.1. The van der Waals surface area contributed by atoms with Crippen LogP contribution in [0.5, 0.6) is 5.75 Å². The molecule has 0 unspecified atom stereocenters. The molecule has 0 saturated heterocycles. The Hall–Kier alpha value is -2.14. The highest BCUT2D eigenvalue weighted by Crippen LogP contribution is 2.32. The topological polar surface area (TPSA) is 61.7 Å². The molecule has 0 aliphatic heterocycles. The molecule has 2 N–H and O–H groups in total. The predicted molar refractivity (Wildman–Crippen MR) is 88.7 cm³/mol. The Balaban J connectivity index is 1.64. The number of carbonyl (C=O) groups is 1. The Kier molecular flexibility index (Phi) is 4.24. The van der Waals surface area contributed by atoms with Crippen LogP contribution in [0.3, 0.4) is 0 Å². The van der Waals surface area contributed by atoms with Gasteiger partial charge in [-0.2, -0.15) is 5.10 Å². The lowest BCUT2D eigenvalue weighted by Crippen LogP contribution is -2.16. The summed E-state index contributed by atoms with van der Waals surface area (Å²) in [6.07, 6.45) is 4.90. The van der Waals surface area contributed by atoms with Gasteiger partial charge in [-0.15, -0.1) is 11.3 Å². The maximum atomic E-state index is 12.1. The van der Waals surface area contributed by atoms with E-state index in [4.69, 9.17) is 0 Å². The Morgan fingerprint density at radius 2 is 2.18 bits per heavy atom. The Morgan fingerprint density at radius 1 is 1.41 bits per heavy atom. The molecule has 22 heavy (non-hydrogen) atoms. The molecule has 4 nitrogen and oxygen atoms in total. The molecular formula is C17H18N2O2S. The first-order valence-corrected chi connectivity index (χ1v) is 8.17. The van der Waals surface area contributed by atoms with Crippen LogP contribution in [0.4, 0.5) is 0 Å². The Labute approximate surface area is 133 Å². The smallest absolute Gasteiger partial charge is 0.281 e. The lowest BCUT2D eigenvalue weighted by atomic mass is 9.90. The highest BCUT2D eigenvalue weighted by Gasteiger charge is 2.20. The predicted octanol–water partition coefficient (Wildman–Crippen LogP) is 3.34. The summed E-state index contributed by atoms with van der Waals surface area (Å²) < 4.78 is 0. The van der Waals surface area contributed by atoms with Gasteiger partial charge in [0.05, 0.1) is 11.1 Å². The molecule has 5 heteroatoms. The van der Waals surface area contributed by atoms with E-state index in [2.05, 4.69) is 17.5 Å². The molecule has 1 atom stereocenters. The number of carbonyl (C=O) groups excluding carboxylic acids is 1. The zero-order chi connectivity index (χ0) is 15.5. The number of hydrogen-bond acceptors (Lipinski definition) is 4. The van der Waals surface area contributed by atoms with Crippen LogP contribution in [-0.2, 0) is 12.8 Å². The van der Waals surface area contributed by atoms with Crippen molar-refractivity contribution < 1.29 is 9.90 Å². The van der Waals surface area contributed by atoms with Gasteiger partial charge in [0.15, 0.2) is 0 Å². The molecule has 1 aromatic heterocycles. The molecule has 114 valence electrons. The average molecular weight is 314 g/mol. The number of benzene rings is 1. The van der Waals surface area contributed by atoms with Crippen molar-refractivity contribution >= 4 is 23.5 Å². The third kappa shape index (κ3) is 3.36. The zero-order valence-electron chi connectivity index (χ0n) is 12.4. The number of fused-ring (bicyclic) bond motifs is 1. The number of hydrogen-bond donors (Lipinski definition) is 2. The summed E-state index contributed by atoms with van der Waals surface area (Å²) in [6.45, 7) is 2.25. The summed E-state index contributed by atoms with van der Waals surface area (Å²) in [5, 5.41) is 13.2. The first kappa shape index (κ1) is 14.8. The second kappa shape index (κ2) is 6.32. The normalized spacial score (nSPS) is 17.4. The van der Waals surface area contributed by atoms with Crippen molar-refractivity contribution in [2.45, 2.75) is 26.2 Å². The number of aryl methyl sites for hydroxylation is 1. The standard InChI is InChI=1S/C17H18N2O2S/c1-11-2-7-15-13(8-11)9-16(22-15)17(21)19-18-10-12-3-5-14(20)6-4-12/h3-6,9-11,20H,2,7-8H2,1H3,(H,19,21)/b18-10+/t11-/m1/s1. The van der Waals surface area contributed by atoms with Gasteiger partial charge >= 0.3 is 0 Å². The molecule has 1 aliphatic carbocycles. The lowest BCUT2D eigenvalue weighted by molar-refractivity contribution is 0.0959. The van der Waals surface area contributed by atoms with Gasteiger partial charge in [-0.3, -0.25) is 4.79 Å². The molecular weight excluding hydrogens is 296 g/mol. The highest BCUT2D eigenvalue weighted by molar-refractivity contribution is 7.14. The lowest BCUT2D eigenvalue weighted by Gasteiger charge is -2.16. The molecule has 1 aromatic carbocycles. The second-order valence-corrected chi connectivity index (χ2v) is 6.83. The SMILES string of the molecule is C[C@@H]1CCc2sc(C(=O)N/N=C/c3ccc(O)cc3)cc2C1. The fourth-order valence-electron chi connectivity index (χ4n) is 2.60. The minimum atomic E-state index is -0.165. The van der Waals surface area contributed by atoms with Gasteiger partial charge in [-0.25, -0.2) is 5.43 Å². The molecule has 0 fully saturated rings. The van der Waals surface area contributed by atoms with E-state index in [1.807, 2.05) is 6.07 Å². The number of thiophene rings is 1. The van der Waals surface area contributed by atoms with E-state index >= 15 is 0 Å². The molecule has 0 saturated carbocycles. The van der Waals surface area contributed by atoms with Crippen molar-refractivity contribution in [3.05, 3.63) is 51.2 Å². The number of rotatable bonds is 3. The summed E-state index contributed by atoms with van der Waals surface area (Å²) in [7, 11) is 0. The summed E-state index contributed by atoms with van der Waals surface area (Å²) >= 11 is 1.57. The molecule has 0 bridgehead atoms. The molecule has 1 aliphatic rings. The van der Waals surface area contributed by atoms with Crippen molar-refractivity contribution in [2.24, 2.45) is 11.0 Å². The zero-order valence-corrected chi connectivity index (χ0v) is 13.2. The second-order valence-electron chi connectivity index (χ2n) is 5.70. The average Bonchev–Trinajstić information content (AvgIpc) is 2.92. The van der Waals surface area contributed by atoms with Crippen LogP contribution in [0.1, 0.15) is 39.0 Å². The minimum absolute atomic E-state index is 0.165. The Morgan fingerprint density at radius 3 is 2.95 bits per heavy atom. The number of nitrogens with one attached hydrogen (secondary N) is 1. The molecule has 0 radical (unpaired) electrons. The minimum Gasteiger partial charge on any atom is -0.508 e. The van der Waals surface area contributed by atoms with Gasteiger partial charge in [0, 0.05) is 4.88 Å². The molecule has 1 amide bonds. The van der Waals surface area contributed by atoms with Crippen LogP contribution in [0.15, 0.2) is 35.4 Å². The van der Waals surface area contributed by atoms with Crippen LogP contribution in [0.2, 0.25) is 0 Å². The van der Waals surface area contributed by atoms with Crippen LogP contribution in [0, 0.1) is 5.92 Å². The van der Waals surface area contributed by atoms with Gasteiger partial charge in [-0.1, -0.05) is 6.92 Å². The molecule has 1 heterocycles. The van der Waals surface area contributed by atoms with Crippen LogP contribution >= 0.6 is 11.3 Å². The number of hydrazone groups is 1. The molecule has 0 spiro atoms. The van der Waals surface area contributed by atoms with Crippen molar-refractivity contribution in [2.75, 3.05) is 0 Å². The van der Waals surface area contributed by atoms with Crippen LogP contribution < -0.4 is 5.43 Å². The van der Waals surface area contributed by atoms with Crippen molar-refractivity contribution in [1.29, 1.82) is 0 Å². The van der Waals surface area contributed by atoms with Gasteiger partial charge in [0.25, 0.3) is 5.91 Å². The summed E-state index contributed by atoms with van der Waals surface area (Å²) in [5.74, 6) is 0.743. The van der Waals surface area contributed by atoms with E-state index in [1.165, 1.54) is 16.9 Å². The maximum Gasteiger partial charge on any atom is 0.281 e. The maximum absolute atomic E-state index is 12.1. The summed E-state index contributed by atoms with van der Waals surface area (Å²) in [4.78, 5) is 14.2. The first-order chi connectivity index (χ1) is 10.6.